The Bertz CT molecular complexity index is 906. The molecule has 0 amide bonds. The van der Waals surface area contributed by atoms with Gasteiger partial charge in [-0.15, -0.1) is 0 Å². The van der Waals surface area contributed by atoms with E-state index < -0.39 is 0 Å². The highest BCUT2D eigenvalue weighted by molar-refractivity contribution is 9.10. The second kappa shape index (κ2) is 8.66. The summed E-state index contributed by atoms with van der Waals surface area (Å²) >= 11 is 15.1. The monoisotopic (exact) mass is 452 g/mol. The largest absolute Gasteiger partial charge is 0.357 e. The Morgan fingerprint density at radius 3 is 2.77 bits per heavy atom. The number of halogens is 2. The number of hydrogen-bond acceptors (Lipinski definition) is 3. The highest BCUT2D eigenvalue weighted by Gasteiger charge is 2.10. The van der Waals surface area contributed by atoms with Gasteiger partial charge in [-0.2, -0.15) is 10.2 Å². The third kappa shape index (κ3) is 4.84. The second-order valence-corrected chi connectivity index (χ2v) is 7.25. The number of rotatable bonds is 6. The summed E-state index contributed by atoms with van der Waals surface area (Å²) in [4.78, 5) is 0. The molecular formula is C17H18BrClN6S. The Balaban J connectivity index is 1.58. The van der Waals surface area contributed by atoms with Crippen LogP contribution in [0.1, 0.15) is 18.2 Å². The fraction of sp³-hybridized carbons (Fsp3) is 0.235. The van der Waals surface area contributed by atoms with Crippen LogP contribution in [-0.2, 0) is 19.6 Å². The first-order chi connectivity index (χ1) is 12.5. The van der Waals surface area contributed by atoms with Crippen molar-refractivity contribution in [1.82, 2.24) is 24.9 Å². The molecule has 0 saturated heterocycles. The van der Waals surface area contributed by atoms with Crippen LogP contribution in [0.25, 0.3) is 0 Å². The van der Waals surface area contributed by atoms with Gasteiger partial charge in [-0.3, -0.25) is 9.36 Å². The molecule has 9 heteroatoms. The minimum atomic E-state index is 0.486. The van der Waals surface area contributed by atoms with Gasteiger partial charge in [-0.05, 0) is 52.8 Å². The Hall–Kier alpha value is -1.90. The molecule has 0 aliphatic rings. The number of benzene rings is 1. The van der Waals surface area contributed by atoms with E-state index in [2.05, 4.69) is 36.8 Å². The van der Waals surface area contributed by atoms with Gasteiger partial charge in [0.1, 0.15) is 0 Å². The Morgan fingerprint density at radius 1 is 1.23 bits per heavy atom. The van der Waals surface area contributed by atoms with Crippen molar-refractivity contribution in [2.24, 2.45) is 0 Å². The molecule has 0 radical (unpaired) electrons. The zero-order valence-corrected chi connectivity index (χ0v) is 17.3. The maximum absolute atomic E-state index is 6.21. The maximum atomic E-state index is 6.21. The van der Waals surface area contributed by atoms with Crippen LogP contribution in [0.3, 0.4) is 0 Å². The maximum Gasteiger partial charge on any atom is 0.172 e. The molecule has 0 aliphatic carbocycles. The molecule has 26 heavy (non-hydrogen) atoms. The summed E-state index contributed by atoms with van der Waals surface area (Å²) in [6.45, 7) is 4.02. The number of aryl methyl sites for hydroxylation is 1. The van der Waals surface area contributed by atoms with Crippen LogP contribution in [0.15, 0.2) is 47.2 Å². The normalized spacial score (nSPS) is 10.7. The van der Waals surface area contributed by atoms with Gasteiger partial charge >= 0.3 is 0 Å². The fourth-order valence-corrected chi connectivity index (χ4v) is 3.14. The van der Waals surface area contributed by atoms with Gasteiger partial charge in [-0.1, -0.05) is 29.8 Å². The molecule has 0 aliphatic heterocycles. The lowest BCUT2D eigenvalue weighted by molar-refractivity contribution is 0.643. The standard InChI is InChI=1S/C17H18BrClN6S/c1-2-24-8-7-13(22-24)9-20-17(26)21-16-14(18)11-25(23-16)10-12-5-3-4-6-15(12)19/h3-8,11H,2,9-10H2,1H3,(H2,20,21,23,26). The molecule has 2 N–H and O–H groups in total. The number of anilines is 1. The van der Waals surface area contributed by atoms with Gasteiger partial charge in [0.15, 0.2) is 10.9 Å². The molecule has 0 unspecified atom stereocenters. The van der Waals surface area contributed by atoms with E-state index in [1.807, 2.05) is 54.3 Å². The van der Waals surface area contributed by atoms with E-state index in [4.69, 9.17) is 23.8 Å². The van der Waals surface area contributed by atoms with Gasteiger partial charge in [0.2, 0.25) is 0 Å². The Labute approximate surface area is 170 Å². The quantitative estimate of drug-likeness (QED) is 0.551. The molecule has 3 rings (SSSR count). The molecule has 2 heterocycles. The lowest BCUT2D eigenvalue weighted by atomic mass is 10.2. The Kier molecular flexibility index (Phi) is 6.29. The third-order valence-electron chi connectivity index (χ3n) is 3.69. The number of nitrogens with zero attached hydrogens (tertiary/aromatic N) is 4. The molecule has 0 atom stereocenters. The van der Waals surface area contributed by atoms with Crippen molar-refractivity contribution in [1.29, 1.82) is 0 Å². The minimum Gasteiger partial charge on any atom is -0.357 e. The van der Waals surface area contributed by atoms with Crippen molar-refractivity contribution in [3.05, 3.63) is 63.5 Å². The summed E-state index contributed by atoms with van der Waals surface area (Å²) < 4.78 is 4.50. The van der Waals surface area contributed by atoms with Crippen LogP contribution >= 0.6 is 39.7 Å². The van der Waals surface area contributed by atoms with Gasteiger partial charge in [-0.25, -0.2) is 0 Å². The lowest BCUT2D eigenvalue weighted by Crippen LogP contribution is -2.28. The number of hydrogen-bond donors (Lipinski definition) is 2. The van der Waals surface area contributed by atoms with Crippen LogP contribution in [0.5, 0.6) is 0 Å². The lowest BCUT2D eigenvalue weighted by Gasteiger charge is -2.08. The van der Waals surface area contributed by atoms with Gasteiger partial charge in [0, 0.05) is 24.0 Å². The van der Waals surface area contributed by atoms with Crippen LogP contribution in [0.2, 0.25) is 5.02 Å². The van der Waals surface area contributed by atoms with Crippen molar-refractivity contribution in [3.8, 4) is 0 Å². The van der Waals surface area contributed by atoms with Crippen molar-refractivity contribution >= 4 is 50.7 Å². The molecule has 0 saturated carbocycles. The van der Waals surface area contributed by atoms with E-state index in [1.54, 1.807) is 4.68 Å². The zero-order chi connectivity index (χ0) is 18.5. The summed E-state index contributed by atoms with van der Waals surface area (Å²) in [6.07, 6.45) is 3.83. The third-order valence-corrected chi connectivity index (χ3v) is 4.88. The van der Waals surface area contributed by atoms with E-state index in [-0.39, 0.29) is 0 Å². The van der Waals surface area contributed by atoms with Crippen LogP contribution in [-0.4, -0.2) is 24.7 Å². The summed E-state index contributed by atoms with van der Waals surface area (Å²) in [6, 6.07) is 9.68. The smallest absolute Gasteiger partial charge is 0.172 e. The molecule has 6 nitrogen and oxygen atoms in total. The summed E-state index contributed by atoms with van der Waals surface area (Å²) in [5.74, 6) is 0.647. The van der Waals surface area contributed by atoms with E-state index in [1.165, 1.54) is 0 Å². The van der Waals surface area contributed by atoms with E-state index >= 15 is 0 Å². The number of thiocarbonyl (C=S) groups is 1. The fourth-order valence-electron chi connectivity index (χ4n) is 2.36. The SMILES string of the molecule is CCn1ccc(CNC(=S)Nc2nn(Cc3ccccc3Cl)cc2Br)n1. The molecule has 1 aromatic carbocycles. The first-order valence-corrected chi connectivity index (χ1v) is 9.66. The second-order valence-electron chi connectivity index (χ2n) is 5.59. The predicted molar refractivity (Wildman–Crippen MR) is 111 cm³/mol. The van der Waals surface area contributed by atoms with E-state index in [9.17, 15) is 0 Å². The molecular weight excluding hydrogens is 436 g/mol. The van der Waals surface area contributed by atoms with Gasteiger partial charge in [0.25, 0.3) is 0 Å². The highest BCUT2D eigenvalue weighted by Crippen LogP contribution is 2.22. The Morgan fingerprint density at radius 2 is 2.04 bits per heavy atom. The zero-order valence-electron chi connectivity index (χ0n) is 14.1. The van der Waals surface area contributed by atoms with Gasteiger partial charge in [0.05, 0.1) is 23.3 Å². The average Bonchev–Trinajstić information content (AvgIpc) is 3.22. The molecule has 0 spiro atoms. The number of nitrogens with one attached hydrogen (secondary N) is 2. The van der Waals surface area contributed by atoms with Gasteiger partial charge < -0.3 is 10.6 Å². The average molecular weight is 454 g/mol. The molecule has 0 bridgehead atoms. The van der Waals surface area contributed by atoms with Crippen LogP contribution in [0.4, 0.5) is 5.82 Å². The van der Waals surface area contributed by atoms with Crippen molar-refractivity contribution in [2.45, 2.75) is 26.6 Å². The summed E-state index contributed by atoms with van der Waals surface area (Å²) in [5, 5.41) is 16.4. The predicted octanol–water partition coefficient (Wildman–Crippen LogP) is 4.05. The number of aromatic nitrogens is 4. The minimum absolute atomic E-state index is 0.486. The first-order valence-electron chi connectivity index (χ1n) is 8.08. The van der Waals surface area contributed by atoms with Crippen molar-refractivity contribution in [2.75, 3.05) is 5.32 Å². The molecule has 136 valence electrons. The van der Waals surface area contributed by atoms with Crippen molar-refractivity contribution < 1.29 is 0 Å². The van der Waals surface area contributed by atoms with Crippen LogP contribution in [0, 0.1) is 0 Å². The summed E-state index contributed by atoms with van der Waals surface area (Å²) in [7, 11) is 0. The highest BCUT2D eigenvalue weighted by atomic mass is 79.9. The van der Waals surface area contributed by atoms with E-state index in [0.717, 1.165) is 27.3 Å². The summed E-state index contributed by atoms with van der Waals surface area (Å²) in [5.41, 5.74) is 1.93. The van der Waals surface area contributed by atoms with Crippen molar-refractivity contribution in [3.63, 3.8) is 0 Å². The van der Waals surface area contributed by atoms with E-state index in [0.29, 0.717) is 24.0 Å². The van der Waals surface area contributed by atoms with Crippen LogP contribution < -0.4 is 10.6 Å². The molecule has 3 aromatic rings. The first kappa shape index (κ1) is 18.9. The molecule has 2 aromatic heterocycles. The molecule has 0 fully saturated rings. The topological polar surface area (TPSA) is 59.7 Å².